The number of benzene rings is 2. The van der Waals surface area contributed by atoms with E-state index in [1.54, 1.807) is 40.7 Å². The van der Waals surface area contributed by atoms with Crippen molar-refractivity contribution in [1.29, 1.82) is 0 Å². The Morgan fingerprint density at radius 3 is 2.47 bits per heavy atom. The molecule has 0 atom stereocenters. The van der Waals surface area contributed by atoms with Gasteiger partial charge in [0.25, 0.3) is 5.91 Å². The van der Waals surface area contributed by atoms with E-state index in [1.807, 2.05) is 13.8 Å². The van der Waals surface area contributed by atoms with Crippen LogP contribution < -0.4 is 5.32 Å². The van der Waals surface area contributed by atoms with Crippen LogP contribution in [-0.4, -0.2) is 36.7 Å². The molecule has 3 rings (SSSR count). The van der Waals surface area contributed by atoms with Crippen molar-refractivity contribution in [3.05, 3.63) is 51.5 Å². The molecule has 3 aromatic rings. The van der Waals surface area contributed by atoms with E-state index in [2.05, 4.69) is 26.2 Å². The van der Waals surface area contributed by atoms with Gasteiger partial charge in [0, 0.05) is 17.6 Å². The van der Waals surface area contributed by atoms with Crippen molar-refractivity contribution in [3.63, 3.8) is 0 Å². The van der Waals surface area contributed by atoms with E-state index in [0.29, 0.717) is 39.0 Å². The minimum Gasteiger partial charge on any atom is -0.298 e. The van der Waals surface area contributed by atoms with Crippen LogP contribution in [0, 0.1) is 0 Å². The second-order valence-corrected chi connectivity index (χ2v) is 11.6. The summed E-state index contributed by atoms with van der Waals surface area (Å²) in [5, 5.41) is 3.47. The van der Waals surface area contributed by atoms with Gasteiger partial charge in [-0.15, -0.1) is 0 Å². The molecule has 1 amide bonds. The van der Waals surface area contributed by atoms with E-state index in [4.69, 9.17) is 11.6 Å². The first-order valence-corrected chi connectivity index (χ1v) is 13.9. The lowest BCUT2D eigenvalue weighted by Crippen LogP contribution is -2.33. The van der Waals surface area contributed by atoms with Gasteiger partial charge < -0.3 is 0 Å². The van der Waals surface area contributed by atoms with Gasteiger partial charge in [-0.1, -0.05) is 65.6 Å². The molecule has 2 aromatic carbocycles. The minimum absolute atomic E-state index is 0.244. The fourth-order valence-corrected chi connectivity index (χ4v) is 6.21. The van der Waals surface area contributed by atoms with Gasteiger partial charge in [0.1, 0.15) is 0 Å². The highest BCUT2D eigenvalue weighted by Gasteiger charge is 2.24. The molecule has 6 nitrogen and oxygen atoms in total. The number of aromatic nitrogens is 1. The van der Waals surface area contributed by atoms with Crippen LogP contribution in [0.15, 0.2) is 45.8 Å². The van der Waals surface area contributed by atoms with Gasteiger partial charge in [0.05, 0.1) is 25.7 Å². The number of amides is 1. The number of thiazole rings is 1. The van der Waals surface area contributed by atoms with Gasteiger partial charge in [-0.05, 0) is 49.2 Å². The number of anilines is 1. The molecule has 0 saturated carbocycles. The Balaban J connectivity index is 1.86. The molecule has 0 unspecified atom stereocenters. The molecule has 32 heavy (non-hydrogen) atoms. The summed E-state index contributed by atoms with van der Waals surface area (Å²) in [5.74, 6) is -0.381. The molecule has 1 aromatic heterocycles. The van der Waals surface area contributed by atoms with E-state index in [1.165, 1.54) is 11.3 Å². The van der Waals surface area contributed by atoms with Crippen molar-refractivity contribution < 1.29 is 13.2 Å². The average molecular weight is 559 g/mol. The van der Waals surface area contributed by atoms with E-state index in [9.17, 15) is 13.2 Å². The molecule has 0 saturated heterocycles. The van der Waals surface area contributed by atoms with E-state index >= 15 is 0 Å². The first kappa shape index (κ1) is 25.1. The number of hydrogen-bond donors (Lipinski definition) is 1. The van der Waals surface area contributed by atoms with Gasteiger partial charge in [-0.2, -0.15) is 4.31 Å². The number of nitrogens with zero attached hydrogens (tertiary/aromatic N) is 2. The topological polar surface area (TPSA) is 79.4 Å². The smallest absolute Gasteiger partial charge is 0.258 e. The number of carbonyl (C=O) groups is 1. The molecule has 0 fully saturated rings. The van der Waals surface area contributed by atoms with Crippen molar-refractivity contribution in [2.45, 2.75) is 44.4 Å². The maximum absolute atomic E-state index is 13.2. The molecule has 1 heterocycles. The molecule has 0 aliphatic carbocycles. The number of nitrogens with one attached hydrogen (secondary N) is 1. The number of unbranched alkanes of at least 4 members (excludes halogenated alkanes) is 2. The van der Waals surface area contributed by atoms with Crippen LogP contribution in [-0.2, 0) is 10.0 Å². The summed E-state index contributed by atoms with van der Waals surface area (Å²) in [6.45, 7) is 5.11. The lowest BCUT2D eigenvalue weighted by atomic mass is 10.2. The third-order valence-corrected chi connectivity index (χ3v) is 8.56. The lowest BCUT2D eigenvalue weighted by Gasteiger charge is -2.21. The first-order valence-electron chi connectivity index (χ1n) is 10.4. The average Bonchev–Trinajstić information content (AvgIpc) is 3.16. The Kier molecular flexibility index (Phi) is 8.68. The number of halogens is 2. The van der Waals surface area contributed by atoms with Gasteiger partial charge in [-0.25, -0.2) is 13.4 Å². The molecule has 0 spiro atoms. The number of fused-ring (bicyclic) bond motifs is 1. The zero-order chi connectivity index (χ0) is 23.3. The summed E-state index contributed by atoms with van der Waals surface area (Å²) in [6, 6.07) is 9.92. The lowest BCUT2D eigenvalue weighted by molar-refractivity contribution is 0.102. The zero-order valence-electron chi connectivity index (χ0n) is 17.9. The summed E-state index contributed by atoms with van der Waals surface area (Å²) in [7, 11) is -3.60. The van der Waals surface area contributed by atoms with Gasteiger partial charge in [0.15, 0.2) is 5.13 Å². The summed E-state index contributed by atoms with van der Waals surface area (Å²) < 4.78 is 29.5. The van der Waals surface area contributed by atoms with Crippen molar-refractivity contribution in [1.82, 2.24) is 9.29 Å². The van der Waals surface area contributed by atoms with Crippen LogP contribution in [0.3, 0.4) is 0 Å². The van der Waals surface area contributed by atoms with Gasteiger partial charge >= 0.3 is 0 Å². The summed E-state index contributed by atoms with van der Waals surface area (Å²) in [5.41, 5.74) is 0.948. The Hall–Kier alpha value is -1.52. The Labute approximate surface area is 206 Å². The number of hydrogen-bond acceptors (Lipinski definition) is 5. The molecule has 10 heteroatoms. The SMILES string of the molecule is CCCCN(CCCC)S(=O)(=O)c1ccc2nc(NC(=O)c3cc(Br)ccc3Cl)sc2c1. The van der Waals surface area contributed by atoms with Crippen LogP contribution in [0.2, 0.25) is 5.02 Å². The molecule has 172 valence electrons. The van der Waals surface area contributed by atoms with E-state index in [0.717, 1.165) is 30.2 Å². The molecule has 0 radical (unpaired) electrons. The van der Waals surface area contributed by atoms with Crippen molar-refractivity contribution in [3.8, 4) is 0 Å². The number of rotatable bonds is 10. The maximum Gasteiger partial charge on any atom is 0.258 e. The molecular weight excluding hydrogens is 534 g/mol. The first-order chi connectivity index (χ1) is 15.3. The van der Waals surface area contributed by atoms with Crippen molar-refractivity contribution in [2.24, 2.45) is 0 Å². The zero-order valence-corrected chi connectivity index (χ0v) is 21.9. The molecule has 0 aliphatic rings. The van der Waals surface area contributed by atoms with Crippen LogP contribution in [0.5, 0.6) is 0 Å². The largest absolute Gasteiger partial charge is 0.298 e. The highest BCUT2D eigenvalue weighted by atomic mass is 79.9. The normalized spacial score (nSPS) is 11.9. The standard InChI is InChI=1S/C22H25BrClN3O3S2/c1-3-5-11-27(12-6-4-2)32(29,30)16-8-10-19-20(14-16)31-22(25-19)26-21(28)17-13-15(23)7-9-18(17)24/h7-10,13-14H,3-6,11-12H2,1-2H3,(H,25,26,28). The highest BCUT2D eigenvalue weighted by molar-refractivity contribution is 9.10. The van der Waals surface area contributed by atoms with E-state index in [-0.39, 0.29) is 10.8 Å². The summed E-state index contributed by atoms with van der Waals surface area (Å²) in [6.07, 6.45) is 3.49. The number of carbonyl (C=O) groups excluding carboxylic acids is 1. The molecular formula is C22H25BrClN3O3S2. The second-order valence-electron chi connectivity index (χ2n) is 7.34. The van der Waals surface area contributed by atoms with Crippen LogP contribution >= 0.6 is 38.9 Å². The predicted octanol–water partition coefficient (Wildman–Crippen LogP) is 6.56. The molecule has 0 aliphatic heterocycles. The quantitative estimate of drug-likeness (QED) is 0.306. The molecule has 1 N–H and O–H groups in total. The van der Waals surface area contributed by atoms with Crippen LogP contribution in [0.25, 0.3) is 10.2 Å². The molecule has 0 bridgehead atoms. The predicted molar refractivity (Wildman–Crippen MR) is 135 cm³/mol. The van der Waals surface area contributed by atoms with Crippen molar-refractivity contribution in [2.75, 3.05) is 18.4 Å². The maximum atomic E-state index is 13.2. The monoisotopic (exact) mass is 557 g/mol. The van der Waals surface area contributed by atoms with Gasteiger partial charge in [0.2, 0.25) is 10.0 Å². The number of sulfonamides is 1. The third-order valence-electron chi connectivity index (χ3n) is 4.91. The Bertz CT molecular complexity index is 1210. The third kappa shape index (κ3) is 5.88. The Morgan fingerprint density at radius 2 is 1.81 bits per heavy atom. The second kappa shape index (κ2) is 11.1. The Morgan fingerprint density at radius 1 is 1.12 bits per heavy atom. The highest BCUT2D eigenvalue weighted by Crippen LogP contribution is 2.30. The summed E-state index contributed by atoms with van der Waals surface area (Å²) >= 11 is 10.7. The fraction of sp³-hybridized carbons (Fsp3) is 0.364. The van der Waals surface area contributed by atoms with E-state index < -0.39 is 10.0 Å². The van der Waals surface area contributed by atoms with Crippen LogP contribution in [0.4, 0.5) is 5.13 Å². The minimum atomic E-state index is -3.60. The fourth-order valence-electron chi connectivity index (χ4n) is 3.12. The van der Waals surface area contributed by atoms with Crippen molar-refractivity contribution >= 4 is 70.1 Å². The summed E-state index contributed by atoms with van der Waals surface area (Å²) in [4.78, 5) is 17.3. The van der Waals surface area contributed by atoms with Gasteiger partial charge in [-0.3, -0.25) is 10.1 Å². The van der Waals surface area contributed by atoms with Crippen LogP contribution in [0.1, 0.15) is 49.9 Å².